The maximum atomic E-state index is 12.2. The first-order valence-corrected chi connectivity index (χ1v) is 8.91. The van der Waals surface area contributed by atoms with E-state index in [2.05, 4.69) is 10.6 Å². The molecule has 1 saturated heterocycles. The van der Waals surface area contributed by atoms with E-state index < -0.39 is 0 Å². The summed E-state index contributed by atoms with van der Waals surface area (Å²) >= 11 is 12.0. The van der Waals surface area contributed by atoms with Crippen LogP contribution in [0.1, 0.15) is 25.7 Å². The summed E-state index contributed by atoms with van der Waals surface area (Å²) in [4.78, 5) is 25.7. The zero-order chi connectivity index (χ0) is 17.5. The zero-order valence-corrected chi connectivity index (χ0v) is 16.5. The molecule has 0 bridgehead atoms. The molecule has 0 atom stereocenters. The summed E-state index contributed by atoms with van der Waals surface area (Å²) in [5, 5.41) is 6.72. The maximum absolute atomic E-state index is 12.2. The fraction of sp³-hybridized carbons (Fsp3) is 0.529. The van der Waals surface area contributed by atoms with E-state index in [1.807, 2.05) is 0 Å². The van der Waals surface area contributed by atoms with Crippen LogP contribution in [0.3, 0.4) is 0 Å². The number of rotatable bonds is 6. The van der Waals surface area contributed by atoms with Crippen molar-refractivity contribution in [2.24, 2.45) is 5.92 Å². The van der Waals surface area contributed by atoms with E-state index in [1.54, 1.807) is 25.2 Å². The van der Waals surface area contributed by atoms with Crippen LogP contribution < -0.4 is 10.6 Å². The van der Waals surface area contributed by atoms with Gasteiger partial charge in [0.25, 0.3) is 0 Å². The molecule has 0 aliphatic carbocycles. The van der Waals surface area contributed by atoms with Crippen LogP contribution in [0, 0.1) is 5.92 Å². The molecule has 2 N–H and O–H groups in total. The lowest BCUT2D eigenvalue weighted by atomic mass is 9.93. The maximum Gasteiger partial charge on any atom is 0.244 e. The molecule has 2 amide bonds. The van der Waals surface area contributed by atoms with Crippen molar-refractivity contribution in [1.82, 2.24) is 10.2 Å². The fourth-order valence-corrected chi connectivity index (χ4v) is 3.28. The Morgan fingerprint density at radius 2 is 1.84 bits per heavy atom. The second kappa shape index (κ2) is 10.9. The van der Waals surface area contributed by atoms with Crippen molar-refractivity contribution < 1.29 is 9.59 Å². The van der Waals surface area contributed by atoms with Crippen LogP contribution in [0.4, 0.5) is 5.69 Å². The van der Waals surface area contributed by atoms with Gasteiger partial charge in [-0.25, -0.2) is 0 Å². The van der Waals surface area contributed by atoms with Crippen molar-refractivity contribution in [2.75, 3.05) is 32.0 Å². The van der Waals surface area contributed by atoms with Gasteiger partial charge in [0, 0.05) is 13.5 Å². The molecule has 8 heteroatoms. The second-order valence-electron chi connectivity index (χ2n) is 6.13. The van der Waals surface area contributed by atoms with Gasteiger partial charge in [0.1, 0.15) is 0 Å². The summed E-state index contributed by atoms with van der Waals surface area (Å²) in [6.07, 6.45) is 3.58. The first-order valence-electron chi connectivity index (χ1n) is 8.16. The molecule has 2 rings (SSSR count). The predicted molar refractivity (Wildman–Crippen MR) is 105 cm³/mol. The average molecular weight is 409 g/mol. The second-order valence-corrected chi connectivity index (χ2v) is 6.94. The number of halogens is 3. The number of amides is 2. The monoisotopic (exact) mass is 407 g/mol. The number of carbonyl (C=O) groups excluding carboxylic acids is 2. The summed E-state index contributed by atoms with van der Waals surface area (Å²) in [7, 11) is 1.64. The van der Waals surface area contributed by atoms with Crippen molar-refractivity contribution in [1.29, 1.82) is 0 Å². The fourth-order valence-electron chi connectivity index (χ4n) is 2.79. The highest BCUT2D eigenvalue weighted by Gasteiger charge is 2.18. The van der Waals surface area contributed by atoms with Gasteiger partial charge < -0.3 is 15.5 Å². The smallest absolute Gasteiger partial charge is 0.244 e. The molecule has 0 unspecified atom stereocenters. The predicted octanol–water partition coefficient (Wildman–Crippen LogP) is 3.59. The molecule has 140 valence electrons. The van der Waals surface area contributed by atoms with Crippen LogP contribution in [-0.2, 0) is 9.59 Å². The standard InChI is InChI=1S/C17H23Cl2N3O2.ClH/c1-22(16(24)6-5-12-7-9-20-10-8-12)11-15(23)21-17-13(18)3-2-4-14(17)19;/h2-4,12,20H,5-11H2,1H3,(H,21,23);1H. The normalized spacial score (nSPS) is 14.5. The molecular formula is C17H24Cl3N3O2. The van der Waals surface area contributed by atoms with Gasteiger partial charge in [-0.3, -0.25) is 9.59 Å². The number of nitrogens with one attached hydrogen (secondary N) is 2. The number of carbonyl (C=O) groups is 2. The van der Waals surface area contributed by atoms with Gasteiger partial charge in [0.2, 0.25) is 11.8 Å². The number of nitrogens with zero attached hydrogens (tertiary/aromatic N) is 1. The van der Waals surface area contributed by atoms with Gasteiger partial charge in [-0.1, -0.05) is 29.3 Å². The molecule has 0 saturated carbocycles. The minimum Gasteiger partial charge on any atom is -0.336 e. The first-order chi connectivity index (χ1) is 11.5. The van der Waals surface area contributed by atoms with Crippen LogP contribution in [0.2, 0.25) is 10.0 Å². The van der Waals surface area contributed by atoms with E-state index in [0.29, 0.717) is 28.1 Å². The van der Waals surface area contributed by atoms with E-state index in [9.17, 15) is 9.59 Å². The molecule has 0 aromatic heterocycles. The van der Waals surface area contributed by atoms with E-state index in [0.717, 1.165) is 32.4 Å². The Morgan fingerprint density at radius 3 is 2.44 bits per heavy atom. The van der Waals surface area contributed by atoms with Gasteiger partial charge >= 0.3 is 0 Å². The molecule has 1 aromatic carbocycles. The number of benzene rings is 1. The van der Waals surface area contributed by atoms with E-state index in [-0.39, 0.29) is 30.8 Å². The first kappa shape index (κ1) is 22.0. The highest BCUT2D eigenvalue weighted by atomic mass is 35.5. The van der Waals surface area contributed by atoms with E-state index in [1.165, 1.54) is 4.90 Å². The Labute approximate surface area is 164 Å². The molecule has 1 aliphatic heterocycles. The van der Waals surface area contributed by atoms with Gasteiger partial charge in [0.05, 0.1) is 22.3 Å². The molecule has 0 radical (unpaired) electrons. The molecule has 5 nitrogen and oxygen atoms in total. The molecule has 1 heterocycles. The third-order valence-electron chi connectivity index (χ3n) is 4.26. The Morgan fingerprint density at radius 1 is 1.24 bits per heavy atom. The summed E-state index contributed by atoms with van der Waals surface area (Å²) in [6, 6.07) is 5.00. The lowest BCUT2D eigenvalue weighted by molar-refractivity contribution is -0.133. The largest absolute Gasteiger partial charge is 0.336 e. The Balaban J connectivity index is 0.00000312. The van der Waals surface area contributed by atoms with Crippen LogP contribution in [0.25, 0.3) is 0 Å². The van der Waals surface area contributed by atoms with Crippen LogP contribution in [-0.4, -0.2) is 43.4 Å². The Bertz CT molecular complexity index is 572. The van der Waals surface area contributed by atoms with Crippen molar-refractivity contribution in [3.63, 3.8) is 0 Å². The van der Waals surface area contributed by atoms with Gasteiger partial charge in [0.15, 0.2) is 0 Å². The molecule has 0 spiro atoms. The minimum atomic E-state index is -0.317. The third kappa shape index (κ3) is 7.02. The summed E-state index contributed by atoms with van der Waals surface area (Å²) in [5.41, 5.74) is 0.376. The van der Waals surface area contributed by atoms with Gasteiger partial charge in [-0.2, -0.15) is 0 Å². The lowest BCUT2D eigenvalue weighted by Gasteiger charge is -2.23. The van der Waals surface area contributed by atoms with Crippen molar-refractivity contribution in [2.45, 2.75) is 25.7 Å². The summed E-state index contributed by atoms with van der Waals surface area (Å²) in [6.45, 7) is 2.03. The number of likely N-dealkylation sites (N-methyl/N-ethyl adjacent to an activating group) is 1. The minimum absolute atomic E-state index is 0. The number of hydrogen-bond donors (Lipinski definition) is 2. The van der Waals surface area contributed by atoms with E-state index in [4.69, 9.17) is 23.2 Å². The number of para-hydroxylation sites is 1. The highest BCUT2D eigenvalue weighted by Crippen LogP contribution is 2.29. The Kier molecular flexibility index (Phi) is 9.57. The lowest BCUT2D eigenvalue weighted by Crippen LogP contribution is -2.35. The van der Waals surface area contributed by atoms with Crippen LogP contribution >= 0.6 is 35.6 Å². The molecule has 1 fully saturated rings. The zero-order valence-electron chi connectivity index (χ0n) is 14.2. The Hall–Kier alpha value is -1.01. The van der Waals surface area contributed by atoms with Gasteiger partial charge in [-0.05, 0) is 50.4 Å². The molecule has 25 heavy (non-hydrogen) atoms. The van der Waals surface area contributed by atoms with Crippen molar-refractivity contribution in [3.05, 3.63) is 28.2 Å². The number of anilines is 1. The van der Waals surface area contributed by atoms with Crippen LogP contribution in [0.15, 0.2) is 18.2 Å². The number of hydrogen-bond acceptors (Lipinski definition) is 3. The SMILES string of the molecule is CN(CC(=O)Nc1c(Cl)cccc1Cl)C(=O)CCC1CCNCC1.Cl. The van der Waals surface area contributed by atoms with Crippen molar-refractivity contribution >= 4 is 53.1 Å². The third-order valence-corrected chi connectivity index (χ3v) is 4.89. The molecule has 1 aliphatic rings. The van der Waals surface area contributed by atoms with Crippen LogP contribution in [0.5, 0.6) is 0 Å². The number of piperidine rings is 1. The summed E-state index contributed by atoms with van der Waals surface area (Å²) in [5.74, 6) is 0.260. The molecular weight excluding hydrogens is 385 g/mol. The van der Waals surface area contributed by atoms with Gasteiger partial charge in [-0.15, -0.1) is 12.4 Å². The highest BCUT2D eigenvalue weighted by molar-refractivity contribution is 6.39. The topological polar surface area (TPSA) is 61.4 Å². The average Bonchev–Trinajstić information content (AvgIpc) is 2.57. The summed E-state index contributed by atoms with van der Waals surface area (Å²) < 4.78 is 0. The van der Waals surface area contributed by atoms with E-state index >= 15 is 0 Å². The van der Waals surface area contributed by atoms with Crippen molar-refractivity contribution in [3.8, 4) is 0 Å². The molecule has 1 aromatic rings. The quantitative estimate of drug-likeness (QED) is 0.756.